The molecule has 0 aliphatic heterocycles. The van der Waals surface area contributed by atoms with E-state index in [1.807, 2.05) is 49.4 Å². The number of rotatable bonds is 7. The molecule has 2 aromatic carbocycles. The highest BCUT2D eigenvalue weighted by molar-refractivity contribution is 5.33. The molecule has 0 saturated heterocycles. The fourth-order valence-electron chi connectivity index (χ4n) is 2.49. The van der Waals surface area contributed by atoms with E-state index in [2.05, 4.69) is 18.3 Å². The van der Waals surface area contributed by atoms with Crippen molar-refractivity contribution < 1.29 is 9.84 Å². The molecule has 0 aromatic heterocycles. The lowest BCUT2D eigenvalue weighted by molar-refractivity contribution is 0.170. The maximum absolute atomic E-state index is 10.2. The number of hydrogen-bond donors (Lipinski definition) is 2. The monoisotopic (exact) mass is 299 g/mol. The molecule has 22 heavy (non-hydrogen) atoms. The highest BCUT2D eigenvalue weighted by atomic mass is 16.5. The van der Waals surface area contributed by atoms with Crippen LogP contribution in [0.25, 0.3) is 0 Å². The molecule has 0 spiro atoms. The molecule has 2 rings (SSSR count). The van der Waals surface area contributed by atoms with Crippen molar-refractivity contribution in [1.29, 1.82) is 0 Å². The minimum atomic E-state index is -0.485. The number of nitrogens with one attached hydrogen (secondary N) is 1. The quantitative estimate of drug-likeness (QED) is 0.824. The van der Waals surface area contributed by atoms with Crippen LogP contribution < -0.4 is 10.1 Å². The highest BCUT2D eigenvalue weighted by Gasteiger charge is 2.11. The van der Waals surface area contributed by atoms with Gasteiger partial charge < -0.3 is 15.2 Å². The summed E-state index contributed by atoms with van der Waals surface area (Å²) in [6, 6.07) is 16.3. The van der Waals surface area contributed by atoms with Crippen LogP contribution in [-0.4, -0.2) is 24.8 Å². The first-order valence-corrected chi connectivity index (χ1v) is 7.70. The summed E-state index contributed by atoms with van der Waals surface area (Å²) in [5.74, 6) is 0.912. The standard InChI is InChI=1S/C19H25NO2/c1-14-8-10-16(11-9-14)18(21)13-20-15(2)12-17-6-4-5-7-19(17)22-3/h4-11,15,18,20-21H,12-13H2,1-3H3/t15?,18-/m0/s1. The normalized spacial score (nSPS) is 13.6. The molecule has 0 aliphatic rings. The first-order chi connectivity index (χ1) is 10.6. The van der Waals surface area contributed by atoms with Crippen LogP contribution in [-0.2, 0) is 6.42 Å². The zero-order valence-corrected chi connectivity index (χ0v) is 13.5. The second-order valence-electron chi connectivity index (χ2n) is 5.75. The molecule has 0 fully saturated rings. The van der Waals surface area contributed by atoms with Crippen LogP contribution in [0.2, 0.25) is 0 Å². The Labute approximate surface area is 133 Å². The van der Waals surface area contributed by atoms with Crippen LogP contribution >= 0.6 is 0 Å². The average Bonchev–Trinajstić information content (AvgIpc) is 2.54. The van der Waals surface area contributed by atoms with Gasteiger partial charge in [-0.25, -0.2) is 0 Å². The summed E-state index contributed by atoms with van der Waals surface area (Å²) < 4.78 is 5.38. The lowest BCUT2D eigenvalue weighted by atomic mass is 10.0. The molecule has 118 valence electrons. The van der Waals surface area contributed by atoms with Gasteiger partial charge >= 0.3 is 0 Å². The van der Waals surface area contributed by atoms with Gasteiger partial charge in [-0.1, -0.05) is 48.0 Å². The second-order valence-corrected chi connectivity index (χ2v) is 5.75. The lowest BCUT2D eigenvalue weighted by Crippen LogP contribution is -2.32. The summed E-state index contributed by atoms with van der Waals surface area (Å²) in [5, 5.41) is 13.6. The number of methoxy groups -OCH3 is 1. The molecule has 0 heterocycles. The molecule has 2 atom stereocenters. The predicted molar refractivity (Wildman–Crippen MR) is 90.3 cm³/mol. The molecule has 0 saturated carbocycles. The SMILES string of the molecule is COc1ccccc1CC(C)NC[C@H](O)c1ccc(C)cc1. The van der Waals surface area contributed by atoms with E-state index in [-0.39, 0.29) is 6.04 Å². The summed E-state index contributed by atoms with van der Waals surface area (Å²) in [6.07, 6.45) is 0.380. The maximum Gasteiger partial charge on any atom is 0.122 e. The number of aliphatic hydroxyl groups excluding tert-OH is 1. The Morgan fingerprint density at radius 3 is 2.45 bits per heavy atom. The molecule has 0 amide bonds. The fourth-order valence-corrected chi connectivity index (χ4v) is 2.49. The maximum atomic E-state index is 10.2. The predicted octanol–water partition coefficient (Wildman–Crippen LogP) is 3.26. The molecule has 1 unspecified atom stereocenters. The molecular formula is C19H25NO2. The molecule has 0 bridgehead atoms. The average molecular weight is 299 g/mol. The van der Waals surface area contributed by atoms with Crippen LogP contribution in [0.15, 0.2) is 48.5 Å². The van der Waals surface area contributed by atoms with Crippen molar-refractivity contribution in [3.05, 3.63) is 65.2 Å². The second kappa shape index (κ2) is 7.97. The number of aliphatic hydroxyl groups is 1. The topological polar surface area (TPSA) is 41.5 Å². The van der Waals surface area contributed by atoms with Crippen molar-refractivity contribution in [2.45, 2.75) is 32.4 Å². The van der Waals surface area contributed by atoms with Gasteiger partial charge in [-0.15, -0.1) is 0 Å². The van der Waals surface area contributed by atoms with Crippen LogP contribution in [0.3, 0.4) is 0 Å². The summed E-state index contributed by atoms with van der Waals surface area (Å²) in [4.78, 5) is 0. The zero-order chi connectivity index (χ0) is 15.9. The van der Waals surface area contributed by atoms with Gasteiger partial charge in [0.15, 0.2) is 0 Å². The number of benzene rings is 2. The van der Waals surface area contributed by atoms with E-state index in [0.29, 0.717) is 6.54 Å². The molecule has 3 heteroatoms. The van der Waals surface area contributed by atoms with E-state index in [1.54, 1.807) is 7.11 Å². The van der Waals surface area contributed by atoms with Gasteiger partial charge in [-0.3, -0.25) is 0 Å². The molecule has 2 aromatic rings. The highest BCUT2D eigenvalue weighted by Crippen LogP contribution is 2.19. The third-order valence-electron chi connectivity index (χ3n) is 3.84. The Morgan fingerprint density at radius 1 is 1.09 bits per heavy atom. The minimum absolute atomic E-state index is 0.261. The summed E-state index contributed by atoms with van der Waals surface area (Å²) in [5.41, 5.74) is 3.32. The number of para-hydroxylation sites is 1. The van der Waals surface area contributed by atoms with Crippen molar-refractivity contribution >= 4 is 0 Å². The third-order valence-corrected chi connectivity index (χ3v) is 3.84. The van der Waals surface area contributed by atoms with Crippen LogP contribution in [0.4, 0.5) is 0 Å². The molecule has 0 radical (unpaired) electrons. The van der Waals surface area contributed by atoms with Crippen molar-refractivity contribution in [3.8, 4) is 5.75 Å². The molecule has 3 nitrogen and oxygen atoms in total. The first-order valence-electron chi connectivity index (χ1n) is 7.70. The molecule has 2 N–H and O–H groups in total. The van der Waals surface area contributed by atoms with E-state index in [4.69, 9.17) is 4.74 Å². The Balaban J connectivity index is 1.87. The number of ether oxygens (including phenoxy) is 1. The number of hydrogen-bond acceptors (Lipinski definition) is 3. The fraction of sp³-hybridized carbons (Fsp3) is 0.368. The van der Waals surface area contributed by atoms with Gasteiger partial charge in [-0.05, 0) is 37.5 Å². The van der Waals surface area contributed by atoms with Gasteiger partial charge in [0.1, 0.15) is 5.75 Å². The Morgan fingerprint density at radius 2 is 1.77 bits per heavy atom. The summed E-state index contributed by atoms with van der Waals surface area (Å²) in [7, 11) is 1.69. The Kier molecular flexibility index (Phi) is 5.99. The van der Waals surface area contributed by atoms with E-state index in [9.17, 15) is 5.11 Å². The van der Waals surface area contributed by atoms with Crippen molar-refractivity contribution in [3.63, 3.8) is 0 Å². The number of aryl methyl sites for hydroxylation is 1. The summed E-state index contributed by atoms with van der Waals surface area (Å²) >= 11 is 0. The molecule has 0 aliphatic carbocycles. The summed E-state index contributed by atoms with van der Waals surface area (Å²) in [6.45, 7) is 4.71. The van der Waals surface area contributed by atoms with Crippen molar-refractivity contribution in [2.75, 3.05) is 13.7 Å². The van der Waals surface area contributed by atoms with E-state index < -0.39 is 6.10 Å². The van der Waals surface area contributed by atoms with Gasteiger partial charge in [0.2, 0.25) is 0 Å². The van der Waals surface area contributed by atoms with Gasteiger partial charge in [0.05, 0.1) is 13.2 Å². The van der Waals surface area contributed by atoms with Gasteiger partial charge in [0.25, 0.3) is 0 Å². The van der Waals surface area contributed by atoms with Crippen LogP contribution in [0.1, 0.15) is 29.7 Å². The first kappa shape index (κ1) is 16.5. The van der Waals surface area contributed by atoms with E-state index in [0.717, 1.165) is 17.7 Å². The minimum Gasteiger partial charge on any atom is -0.496 e. The van der Waals surface area contributed by atoms with Crippen molar-refractivity contribution in [1.82, 2.24) is 5.32 Å². The lowest BCUT2D eigenvalue weighted by Gasteiger charge is -2.18. The third kappa shape index (κ3) is 4.58. The smallest absolute Gasteiger partial charge is 0.122 e. The largest absolute Gasteiger partial charge is 0.496 e. The van der Waals surface area contributed by atoms with Gasteiger partial charge in [0, 0.05) is 12.6 Å². The Hall–Kier alpha value is -1.84. The van der Waals surface area contributed by atoms with E-state index in [1.165, 1.54) is 11.1 Å². The van der Waals surface area contributed by atoms with Crippen LogP contribution in [0.5, 0.6) is 5.75 Å². The zero-order valence-electron chi connectivity index (χ0n) is 13.5. The Bertz CT molecular complexity index is 580. The molecular weight excluding hydrogens is 274 g/mol. The van der Waals surface area contributed by atoms with Crippen LogP contribution in [0, 0.1) is 6.92 Å². The van der Waals surface area contributed by atoms with Gasteiger partial charge in [-0.2, -0.15) is 0 Å². The van der Waals surface area contributed by atoms with Crippen molar-refractivity contribution in [2.24, 2.45) is 0 Å². The van der Waals surface area contributed by atoms with E-state index >= 15 is 0 Å².